The third kappa shape index (κ3) is 5.19. The van der Waals surface area contributed by atoms with Crippen LogP contribution in [-0.2, 0) is 21.2 Å². The van der Waals surface area contributed by atoms with E-state index >= 15 is 0 Å². The zero-order chi connectivity index (χ0) is 14.3. The number of nitrogens with zero attached hydrogens (tertiary/aromatic N) is 2. The Labute approximate surface area is 112 Å². The maximum atomic E-state index is 12.0. The second-order valence-electron chi connectivity index (χ2n) is 3.90. The second kappa shape index (κ2) is 7.01. The highest BCUT2D eigenvalue weighted by atomic mass is 32.2. The summed E-state index contributed by atoms with van der Waals surface area (Å²) in [4.78, 5) is 14.5. The highest BCUT2D eigenvalue weighted by Crippen LogP contribution is 2.06. The number of carboxylic acid groups (broad SMARTS) is 1. The van der Waals surface area contributed by atoms with Crippen molar-refractivity contribution in [2.24, 2.45) is 0 Å². The van der Waals surface area contributed by atoms with Crippen LogP contribution in [0.25, 0.3) is 0 Å². The molecule has 0 saturated heterocycles. The summed E-state index contributed by atoms with van der Waals surface area (Å²) in [5.41, 5.74) is 0.840. The molecule has 0 saturated carbocycles. The summed E-state index contributed by atoms with van der Waals surface area (Å²) >= 11 is 0. The first-order valence-electron chi connectivity index (χ1n) is 5.65. The first-order chi connectivity index (χ1) is 8.95. The lowest BCUT2D eigenvalue weighted by atomic mass is 10.2. The molecule has 0 radical (unpaired) electrons. The molecule has 0 unspecified atom stereocenters. The largest absolute Gasteiger partial charge is 0.480 e. The highest BCUT2D eigenvalue weighted by Gasteiger charge is 2.22. The molecule has 104 valence electrons. The Balaban J connectivity index is 2.71. The summed E-state index contributed by atoms with van der Waals surface area (Å²) in [6.45, 7) is 2.87. The van der Waals surface area contributed by atoms with Gasteiger partial charge in [-0.05, 0) is 24.1 Å². The van der Waals surface area contributed by atoms with E-state index in [9.17, 15) is 13.2 Å². The SMILES string of the molecule is C=CCN(CC(=O)O)S(=O)(=O)CCc1ccncc1. The van der Waals surface area contributed by atoms with Crippen molar-refractivity contribution in [3.63, 3.8) is 0 Å². The molecule has 0 bridgehead atoms. The Morgan fingerprint density at radius 3 is 2.58 bits per heavy atom. The Kier molecular flexibility index (Phi) is 5.65. The lowest BCUT2D eigenvalue weighted by Gasteiger charge is -2.18. The molecule has 6 nitrogen and oxygen atoms in total. The van der Waals surface area contributed by atoms with Crippen LogP contribution in [0.5, 0.6) is 0 Å². The van der Waals surface area contributed by atoms with Gasteiger partial charge in [0.25, 0.3) is 0 Å². The van der Waals surface area contributed by atoms with Gasteiger partial charge >= 0.3 is 5.97 Å². The minimum absolute atomic E-state index is 0.00895. The summed E-state index contributed by atoms with van der Waals surface area (Å²) in [6, 6.07) is 3.45. The number of aromatic nitrogens is 1. The predicted octanol–water partition coefficient (Wildman–Crippen LogP) is 0.526. The van der Waals surface area contributed by atoms with Gasteiger partial charge in [-0.3, -0.25) is 9.78 Å². The first-order valence-corrected chi connectivity index (χ1v) is 7.26. The number of rotatable bonds is 8. The molecule has 0 amide bonds. The Morgan fingerprint density at radius 1 is 1.42 bits per heavy atom. The van der Waals surface area contributed by atoms with Crippen LogP contribution in [0.2, 0.25) is 0 Å². The topological polar surface area (TPSA) is 87.6 Å². The molecular formula is C12H16N2O4S. The van der Waals surface area contributed by atoms with Gasteiger partial charge in [0.1, 0.15) is 6.54 Å². The first kappa shape index (κ1) is 15.3. The third-order valence-corrected chi connectivity index (χ3v) is 4.22. The van der Waals surface area contributed by atoms with E-state index in [2.05, 4.69) is 11.6 Å². The van der Waals surface area contributed by atoms with Crippen LogP contribution in [0.4, 0.5) is 0 Å². The summed E-state index contributed by atoms with van der Waals surface area (Å²) < 4.78 is 25.0. The lowest BCUT2D eigenvalue weighted by molar-refractivity contribution is -0.137. The number of sulfonamides is 1. The molecule has 19 heavy (non-hydrogen) atoms. The van der Waals surface area contributed by atoms with E-state index < -0.39 is 22.5 Å². The van der Waals surface area contributed by atoms with Gasteiger partial charge in [-0.15, -0.1) is 6.58 Å². The van der Waals surface area contributed by atoms with Gasteiger partial charge in [-0.1, -0.05) is 6.08 Å². The average molecular weight is 284 g/mol. The normalized spacial score (nSPS) is 11.4. The number of carboxylic acids is 1. The highest BCUT2D eigenvalue weighted by molar-refractivity contribution is 7.89. The maximum Gasteiger partial charge on any atom is 0.318 e. The second-order valence-corrected chi connectivity index (χ2v) is 5.98. The number of aryl methyl sites for hydroxylation is 1. The molecule has 0 atom stereocenters. The smallest absolute Gasteiger partial charge is 0.318 e. The number of hydrogen-bond donors (Lipinski definition) is 1. The van der Waals surface area contributed by atoms with Crippen molar-refractivity contribution in [1.29, 1.82) is 0 Å². The van der Waals surface area contributed by atoms with E-state index in [1.807, 2.05) is 0 Å². The fraction of sp³-hybridized carbons (Fsp3) is 0.333. The van der Waals surface area contributed by atoms with E-state index in [4.69, 9.17) is 5.11 Å². The number of pyridine rings is 1. The van der Waals surface area contributed by atoms with E-state index in [0.717, 1.165) is 9.87 Å². The molecule has 0 aliphatic rings. The van der Waals surface area contributed by atoms with Gasteiger partial charge in [-0.25, -0.2) is 8.42 Å². The minimum Gasteiger partial charge on any atom is -0.480 e. The van der Waals surface area contributed by atoms with Crippen molar-refractivity contribution in [2.75, 3.05) is 18.8 Å². The van der Waals surface area contributed by atoms with Crippen molar-refractivity contribution in [2.45, 2.75) is 6.42 Å². The fourth-order valence-electron chi connectivity index (χ4n) is 1.50. The molecular weight excluding hydrogens is 268 g/mol. The van der Waals surface area contributed by atoms with Crippen LogP contribution in [0.1, 0.15) is 5.56 Å². The molecule has 1 heterocycles. The molecule has 1 N–H and O–H groups in total. The number of aliphatic carboxylic acids is 1. The van der Waals surface area contributed by atoms with E-state index in [1.165, 1.54) is 6.08 Å². The standard InChI is InChI=1S/C12H16N2O4S/c1-2-8-14(10-12(15)16)19(17,18)9-5-11-3-6-13-7-4-11/h2-4,6-7H,1,5,8-10H2,(H,15,16). The van der Waals surface area contributed by atoms with E-state index in [-0.39, 0.29) is 12.3 Å². The summed E-state index contributed by atoms with van der Waals surface area (Å²) in [6.07, 6.45) is 4.85. The summed E-state index contributed by atoms with van der Waals surface area (Å²) in [5.74, 6) is -1.33. The van der Waals surface area contributed by atoms with Crippen LogP contribution in [0.15, 0.2) is 37.2 Å². The van der Waals surface area contributed by atoms with Crippen molar-refractivity contribution in [1.82, 2.24) is 9.29 Å². The number of carbonyl (C=O) groups is 1. The molecule has 0 aromatic carbocycles. The summed E-state index contributed by atoms with van der Waals surface area (Å²) in [7, 11) is -3.62. The van der Waals surface area contributed by atoms with Crippen LogP contribution in [0.3, 0.4) is 0 Å². The van der Waals surface area contributed by atoms with Gasteiger partial charge in [0, 0.05) is 18.9 Å². The van der Waals surface area contributed by atoms with Gasteiger partial charge < -0.3 is 5.11 Å². The minimum atomic E-state index is -3.62. The quantitative estimate of drug-likeness (QED) is 0.703. The van der Waals surface area contributed by atoms with Gasteiger partial charge in [-0.2, -0.15) is 4.31 Å². The van der Waals surface area contributed by atoms with Gasteiger partial charge in [0.2, 0.25) is 10.0 Å². The van der Waals surface area contributed by atoms with Crippen LogP contribution in [0, 0.1) is 0 Å². The van der Waals surface area contributed by atoms with Crippen LogP contribution in [-0.4, -0.2) is 47.6 Å². The average Bonchev–Trinajstić information content (AvgIpc) is 2.37. The molecule has 0 aliphatic heterocycles. The molecule has 0 fully saturated rings. The Hall–Kier alpha value is -1.73. The summed E-state index contributed by atoms with van der Waals surface area (Å²) in [5, 5.41) is 8.71. The van der Waals surface area contributed by atoms with E-state index in [1.54, 1.807) is 24.5 Å². The molecule has 7 heteroatoms. The Bertz CT molecular complexity index is 528. The zero-order valence-electron chi connectivity index (χ0n) is 10.4. The molecule has 0 spiro atoms. The predicted molar refractivity (Wildman–Crippen MR) is 71.1 cm³/mol. The van der Waals surface area contributed by atoms with Gasteiger partial charge in [0.05, 0.1) is 5.75 Å². The maximum absolute atomic E-state index is 12.0. The van der Waals surface area contributed by atoms with Crippen molar-refractivity contribution >= 4 is 16.0 Å². The van der Waals surface area contributed by atoms with E-state index in [0.29, 0.717) is 6.42 Å². The van der Waals surface area contributed by atoms with Crippen LogP contribution >= 0.6 is 0 Å². The monoisotopic (exact) mass is 284 g/mol. The molecule has 1 aromatic heterocycles. The van der Waals surface area contributed by atoms with Crippen molar-refractivity contribution < 1.29 is 18.3 Å². The third-order valence-electron chi connectivity index (χ3n) is 2.44. The number of hydrogen-bond acceptors (Lipinski definition) is 4. The molecule has 0 aliphatic carbocycles. The lowest BCUT2D eigenvalue weighted by Crippen LogP contribution is -2.37. The van der Waals surface area contributed by atoms with Crippen molar-refractivity contribution in [3.05, 3.63) is 42.7 Å². The van der Waals surface area contributed by atoms with Gasteiger partial charge in [0.15, 0.2) is 0 Å². The molecule has 1 rings (SSSR count). The molecule has 1 aromatic rings. The van der Waals surface area contributed by atoms with Crippen LogP contribution < -0.4 is 0 Å². The zero-order valence-corrected chi connectivity index (χ0v) is 11.2. The Morgan fingerprint density at radius 2 is 2.05 bits per heavy atom. The van der Waals surface area contributed by atoms with Crippen molar-refractivity contribution in [3.8, 4) is 0 Å². The fourth-order valence-corrected chi connectivity index (χ4v) is 2.89.